The Bertz CT molecular complexity index is 569. The largest absolute Gasteiger partial charge is 0.306 e. The molecule has 2 aromatic heterocycles. The Kier molecular flexibility index (Phi) is 3.78. The maximum atomic E-state index is 4.55. The number of aryl methyl sites for hydroxylation is 1. The van der Waals surface area contributed by atoms with Crippen molar-refractivity contribution < 1.29 is 0 Å². The molecule has 0 unspecified atom stereocenters. The minimum atomic E-state index is 0.710. The lowest BCUT2D eigenvalue weighted by atomic mass is 9.91. The van der Waals surface area contributed by atoms with E-state index in [2.05, 4.69) is 32.1 Å². The fourth-order valence-corrected chi connectivity index (χ4v) is 2.81. The number of rotatable bonds is 3. The van der Waals surface area contributed by atoms with Crippen LogP contribution in [0.3, 0.4) is 0 Å². The smallest absolute Gasteiger partial charge is 0.113 e. The molecule has 106 valence electrons. The van der Waals surface area contributed by atoms with E-state index in [-0.39, 0.29) is 0 Å². The lowest BCUT2D eigenvalue weighted by Crippen LogP contribution is -2.31. The van der Waals surface area contributed by atoms with E-state index in [1.165, 1.54) is 25.9 Å². The molecule has 1 aliphatic heterocycles. The van der Waals surface area contributed by atoms with Crippen LogP contribution in [-0.4, -0.2) is 45.2 Å². The fraction of sp³-hybridized carbons (Fsp3) is 0.533. The molecule has 2 aromatic rings. The zero-order valence-corrected chi connectivity index (χ0v) is 12.1. The summed E-state index contributed by atoms with van der Waals surface area (Å²) in [5, 5.41) is 7.30. The van der Waals surface area contributed by atoms with Crippen molar-refractivity contribution in [2.75, 3.05) is 20.1 Å². The maximum Gasteiger partial charge on any atom is 0.113 e. The Morgan fingerprint density at radius 1 is 1.25 bits per heavy atom. The summed E-state index contributed by atoms with van der Waals surface area (Å²) in [5.41, 5.74) is 3.96. The standard InChI is InChI=1S/C15H21N5/c1-11-9-14(19-18-11)15-13(16-5-6-17-15)10-12-3-7-20(2)8-4-12/h5-6,9,12H,3-4,7-8,10H2,1-2H3,(H,18,19). The normalized spacial score (nSPS) is 17.5. The average Bonchev–Trinajstić information content (AvgIpc) is 2.88. The molecule has 0 bridgehead atoms. The summed E-state index contributed by atoms with van der Waals surface area (Å²) in [5.74, 6) is 0.710. The van der Waals surface area contributed by atoms with Crippen LogP contribution in [0.15, 0.2) is 18.5 Å². The number of piperidine rings is 1. The monoisotopic (exact) mass is 271 g/mol. The summed E-state index contributed by atoms with van der Waals surface area (Å²) < 4.78 is 0. The van der Waals surface area contributed by atoms with E-state index in [9.17, 15) is 0 Å². The highest BCUT2D eigenvalue weighted by Gasteiger charge is 2.20. The molecular formula is C15H21N5. The van der Waals surface area contributed by atoms with Gasteiger partial charge in [-0.05, 0) is 58.3 Å². The summed E-state index contributed by atoms with van der Waals surface area (Å²) in [4.78, 5) is 11.4. The van der Waals surface area contributed by atoms with Crippen LogP contribution in [0, 0.1) is 12.8 Å². The molecule has 0 amide bonds. The highest BCUT2D eigenvalue weighted by Crippen LogP contribution is 2.25. The number of hydrogen-bond donors (Lipinski definition) is 1. The molecule has 20 heavy (non-hydrogen) atoms. The Morgan fingerprint density at radius 3 is 2.70 bits per heavy atom. The summed E-state index contributed by atoms with van der Waals surface area (Å²) >= 11 is 0. The number of H-pyrrole nitrogens is 1. The van der Waals surface area contributed by atoms with Crippen LogP contribution in [0.4, 0.5) is 0 Å². The van der Waals surface area contributed by atoms with Crippen molar-refractivity contribution in [3.05, 3.63) is 29.8 Å². The van der Waals surface area contributed by atoms with Crippen LogP contribution in [0.2, 0.25) is 0 Å². The maximum absolute atomic E-state index is 4.55. The van der Waals surface area contributed by atoms with E-state index in [0.717, 1.165) is 29.2 Å². The molecule has 0 saturated carbocycles. The van der Waals surface area contributed by atoms with Gasteiger partial charge in [-0.1, -0.05) is 0 Å². The molecule has 0 spiro atoms. The number of aromatic amines is 1. The second kappa shape index (κ2) is 5.71. The first-order chi connectivity index (χ1) is 9.72. The number of likely N-dealkylation sites (tertiary alicyclic amines) is 1. The quantitative estimate of drug-likeness (QED) is 0.928. The van der Waals surface area contributed by atoms with Gasteiger partial charge in [-0.25, -0.2) is 0 Å². The van der Waals surface area contributed by atoms with Crippen LogP contribution < -0.4 is 0 Å². The Labute approximate surface area is 119 Å². The zero-order chi connectivity index (χ0) is 13.9. The molecule has 3 rings (SSSR count). The second-order valence-corrected chi connectivity index (χ2v) is 5.74. The highest BCUT2D eigenvalue weighted by atomic mass is 15.1. The summed E-state index contributed by atoms with van der Waals surface area (Å²) in [6.45, 7) is 4.37. The summed E-state index contributed by atoms with van der Waals surface area (Å²) in [6, 6.07) is 2.03. The van der Waals surface area contributed by atoms with Crippen molar-refractivity contribution in [3.63, 3.8) is 0 Å². The van der Waals surface area contributed by atoms with Crippen molar-refractivity contribution in [2.24, 2.45) is 5.92 Å². The average molecular weight is 271 g/mol. The fourth-order valence-electron chi connectivity index (χ4n) is 2.81. The van der Waals surface area contributed by atoms with E-state index >= 15 is 0 Å². The van der Waals surface area contributed by atoms with Gasteiger partial charge < -0.3 is 4.90 Å². The molecule has 1 aliphatic rings. The van der Waals surface area contributed by atoms with Crippen LogP contribution in [0.25, 0.3) is 11.4 Å². The lowest BCUT2D eigenvalue weighted by Gasteiger charge is -2.28. The molecule has 0 aliphatic carbocycles. The molecule has 5 heteroatoms. The minimum Gasteiger partial charge on any atom is -0.306 e. The van der Waals surface area contributed by atoms with E-state index in [1.54, 1.807) is 12.4 Å². The van der Waals surface area contributed by atoms with Crippen LogP contribution in [0.1, 0.15) is 24.2 Å². The molecule has 1 saturated heterocycles. The first-order valence-corrected chi connectivity index (χ1v) is 7.23. The molecule has 5 nitrogen and oxygen atoms in total. The molecule has 1 N–H and O–H groups in total. The third-order valence-corrected chi connectivity index (χ3v) is 4.04. The summed E-state index contributed by atoms with van der Waals surface area (Å²) in [6.07, 6.45) is 7.02. The van der Waals surface area contributed by atoms with Crippen molar-refractivity contribution in [2.45, 2.75) is 26.2 Å². The highest BCUT2D eigenvalue weighted by molar-refractivity contribution is 5.56. The first-order valence-electron chi connectivity index (χ1n) is 7.23. The van der Waals surface area contributed by atoms with Gasteiger partial charge >= 0.3 is 0 Å². The number of nitrogens with zero attached hydrogens (tertiary/aromatic N) is 4. The predicted molar refractivity (Wildman–Crippen MR) is 78.3 cm³/mol. The van der Waals surface area contributed by atoms with Gasteiger partial charge in [0, 0.05) is 18.1 Å². The second-order valence-electron chi connectivity index (χ2n) is 5.74. The molecular weight excluding hydrogens is 250 g/mol. The summed E-state index contributed by atoms with van der Waals surface area (Å²) in [7, 11) is 2.19. The SMILES string of the molecule is Cc1cc(-c2nccnc2CC2CCN(C)CC2)n[nH]1. The van der Waals surface area contributed by atoms with Gasteiger partial charge in [-0.2, -0.15) is 5.10 Å². The Balaban J connectivity index is 1.80. The number of nitrogens with one attached hydrogen (secondary N) is 1. The van der Waals surface area contributed by atoms with Gasteiger partial charge in [0.2, 0.25) is 0 Å². The van der Waals surface area contributed by atoms with Gasteiger partial charge in [0.15, 0.2) is 0 Å². The third kappa shape index (κ3) is 2.88. The van der Waals surface area contributed by atoms with Crippen molar-refractivity contribution >= 4 is 0 Å². The van der Waals surface area contributed by atoms with Crippen molar-refractivity contribution in [3.8, 4) is 11.4 Å². The van der Waals surface area contributed by atoms with E-state index < -0.39 is 0 Å². The lowest BCUT2D eigenvalue weighted by molar-refractivity contribution is 0.218. The van der Waals surface area contributed by atoms with Crippen molar-refractivity contribution in [1.29, 1.82) is 0 Å². The van der Waals surface area contributed by atoms with Gasteiger partial charge in [-0.3, -0.25) is 15.1 Å². The Hall–Kier alpha value is -1.75. The van der Waals surface area contributed by atoms with E-state index in [1.807, 2.05) is 13.0 Å². The third-order valence-electron chi connectivity index (χ3n) is 4.04. The van der Waals surface area contributed by atoms with Crippen LogP contribution in [-0.2, 0) is 6.42 Å². The first kappa shape index (κ1) is 13.2. The van der Waals surface area contributed by atoms with Crippen LogP contribution in [0.5, 0.6) is 0 Å². The van der Waals surface area contributed by atoms with Gasteiger partial charge in [0.25, 0.3) is 0 Å². The minimum absolute atomic E-state index is 0.710. The van der Waals surface area contributed by atoms with Gasteiger partial charge in [0.05, 0.1) is 5.69 Å². The van der Waals surface area contributed by atoms with Gasteiger partial charge in [-0.15, -0.1) is 0 Å². The topological polar surface area (TPSA) is 57.7 Å². The van der Waals surface area contributed by atoms with Crippen LogP contribution >= 0.6 is 0 Å². The molecule has 0 aromatic carbocycles. The Morgan fingerprint density at radius 2 is 2.00 bits per heavy atom. The van der Waals surface area contributed by atoms with Crippen molar-refractivity contribution in [1.82, 2.24) is 25.1 Å². The molecule has 1 fully saturated rings. The van der Waals surface area contributed by atoms with E-state index in [4.69, 9.17) is 0 Å². The number of hydrogen-bond acceptors (Lipinski definition) is 4. The predicted octanol–water partition coefficient (Wildman–Crippen LogP) is 2.06. The number of aromatic nitrogens is 4. The molecule has 3 heterocycles. The molecule has 0 radical (unpaired) electrons. The zero-order valence-electron chi connectivity index (χ0n) is 12.1. The van der Waals surface area contributed by atoms with Gasteiger partial charge in [0.1, 0.15) is 11.4 Å². The van der Waals surface area contributed by atoms with E-state index in [0.29, 0.717) is 5.92 Å². The molecule has 0 atom stereocenters.